The molecule has 7 nitrogen and oxygen atoms in total. The Hall–Kier alpha value is -2.49. The fraction of sp³-hybridized carbons (Fsp3) is 0.417. The van der Waals surface area contributed by atoms with E-state index in [-0.39, 0.29) is 23.6 Å². The van der Waals surface area contributed by atoms with Gasteiger partial charge in [-0.05, 0) is 20.8 Å². The Labute approximate surface area is 111 Å². The van der Waals surface area contributed by atoms with Crippen molar-refractivity contribution < 1.29 is 14.3 Å². The maximum atomic E-state index is 11.3. The molecule has 0 spiro atoms. The Morgan fingerprint density at radius 1 is 1.42 bits per heavy atom. The number of ether oxygens (including phenoxy) is 1. The van der Waals surface area contributed by atoms with Crippen LogP contribution in [-0.4, -0.2) is 30.4 Å². The van der Waals surface area contributed by atoms with E-state index in [1.807, 2.05) is 0 Å². The summed E-state index contributed by atoms with van der Waals surface area (Å²) in [7, 11) is 0. The standard InChI is InChI=1S/C12H16N4O3/c1-4-19-7-15-10(6-13)11(12(14)18)16-8(2)5-9(3)17/h7H,4-5H2,1-3H3,(H2,14,18)/b11-10-,15-7?,16-8?. The van der Waals surface area contributed by atoms with Crippen LogP contribution in [0.3, 0.4) is 0 Å². The number of Topliss-reactive ketones (excluding diaryl/α,β-unsaturated/α-hetero) is 1. The van der Waals surface area contributed by atoms with Gasteiger partial charge in [0.2, 0.25) is 0 Å². The zero-order valence-electron chi connectivity index (χ0n) is 11.1. The van der Waals surface area contributed by atoms with Crippen LogP contribution in [-0.2, 0) is 14.3 Å². The molecule has 0 radical (unpaired) electrons. The maximum absolute atomic E-state index is 11.3. The van der Waals surface area contributed by atoms with Crippen LogP contribution in [0.15, 0.2) is 21.4 Å². The van der Waals surface area contributed by atoms with Gasteiger partial charge in [-0.1, -0.05) is 0 Å². The second-order valence-corrected chi connectivity index (χ2v) is 3.59. The number of allylic oxidation sites excluding steroid dienone is 1. The van der Waals surface area contributed by atoms with Gasteiger partial charge < -0.3 is 10.5 Å². The quantitative estimate of drug-likeness (QED) is 0.315. The highest BCUT2D eigenvalue weighted by atomic mass is 16.5. The van der Waals surface area contributed by atoms with Gasteiger partial charge in [-0.15, -0.1) is 0 Å². The summed E-state index contributed by atoms with van der Waals surface area (Å²) in [5, 5.41) is 8.92. The molecular formula is C12H16N4O3. The summed E-state index contributed by atoms with van der Waals surface area (Å²) in [6, 6.07) is 1.71. The topological polar surface area (TPSA) is 118 Å². The molecule has 0 aliphatic heterocycles. The predicted octanol–water partition coefficient (Wildman–Crippen LogP) is 0.712. The van der Waals surface area contributed by atoms with Gasteiger partial charge in [0.15, 0.2) is 17.8 Å². The summed E-state index contributed by atoms with van der Waals surface area (Å²) in [5.74, 6) is -1.01. The lowest BCUT2D eigenvalue weighted by Gasteiger charge is -2.01. The van der Waals surface area contributed by atoms with Crippen molar-refractivity contribution in [3.05, 3.63) is 11.4 Å². The number of rotatable bonds is 7. The van der Waals surface area contributed by atoms with Gasteiger partial charge in [0.1, 0.15) is 11.9 Å². The van der Waals surface area contributed by atoms with Crippen LogP contribution in [0.4, 0.5) is 0 Å². The first kappa shape index (κ1) is 16.5. The average molecular weight is 264 g/mol. The van der Waals surface area contributed by atoms with Crippen molar-refractivity contribution in [1.29, 1.82) is 5.26 Å². The summed E-state index contributed by atoms with van der Waals surface area (Å²) in [4.78, 5) is 29.7. The largest absolute Gasteiger partial charge is 0.483 e. The molecule has 7 heteroatoms. The highest BCUT2D eigenvalue weighted by Crippen LogP contribution is 2.08. The average Bonchev–Trinajstić information content (AvgIpc) is 2.31. The number of carbonyl (C=O) groups is 2. The number of nitrogens with zero attached hydrogens (tertiary/aromatic N) is 3. The first-order valence-electron chi connectivity index (χ1n) is 5.54. The lowest BCUT2D eigenvalue weighted by Crippen LogP contribution is -2.16. The summed E-state index contributed by atoms with van der Waals surface area (Å²) in [5.41, 5.74) is 4.96. The van der Waals surface area contributed by atoms with Gasteiger partial charge in [0.25, 0.3) is 5.91 Å². The van der Waals surface area contributed by atoms with E-state index in [4.69, 9.17) is 15.7 Å². The lowest BCUT2D eigenvalue weighted by molar-refractivity contribution is -0.116. The normalized spacial score (nSPS) is 12.8. The predicted molar refractivity (Wildman–Crippen MR) is 70.4 cm³/mol. The van der Waals surface area contributed by atoms with Gasteiger partial charge in [-0.25, -0.2) is 9.98 Å². The smallest absolute Gasteiger partial charge is 0.270 e. The number of nitriles is 1. The zero-order chi connectivity index (χ0) is 14.8. The second kappa shape index (κ2) is 8.58. The van der Waals surface area contributed by atoms with Crippen LogP contribution in [0.1, 0.15) is 27.2 Å². The number of hydrogen-bond donors (Lipinski definition) is 1. The second-order valence-electron chi connectivity index (χ2n) is 3.59. The molecule has 0 rings (SSSR count). The molecule has 0 saturated heterocycles. The molecule has 0 heterocycles. The Morgan fingerprint density at radius 2 is 2.05 bits per heavy atom. The third-order valence-electron chi connectivity index (χ3n) is 1.79. The van der Waals surface area contributed by atoms with E-state index in [2.05, 4.69) is 9.98 Å². The number of primary amides is 1. The number of carbonyl (C=O) groups excluding carboxylic acids is 2. The number of nitrogens with two attached hydrogens (primary N) is 1. The fourth-order valence-corrected chi connectivity index (χ4v) is 1.12. The van der Waals surface area contributed by atoms with Crippen LogP contribution in [0.25, 0.3) is 0 Å². The first-order valence-corrected chi connectivity index (χ1v) is 5.54. The van der Waals surface area contributed by atoms with Crippen LogP contribution in [0, 0.1) is 11.3 Å². The van der Waals surface area contributed by atoms with E-state index in [0.717, 1.165) is 6.40 Å². The zero-order valence-corrected chi connectivity index (χ0v) is 11.1. The minimum Gasteiger partial charge on any atom is -0.483 e. The Balaban J connectivity index is 5.43. The summed E-state index contributed by atoms with van der Waals surface area (Å²) in [6.07, 6.45) is 1.11. The molecule has 0 aliphatic rings. The van der Waals surface area contributed by atoms with E-state index in [1.165, 1.54) is 6.92 Å². The van der Waals surface area contributed by atoms with Gasteiger partial charge in [-0.3, -0.25) is 9.59 Å². The third kappa shape index (κ3) is 6.73. The fourth-order valence-electron chi connectivity index (χ4n) is 1.12. The van der Waals surface area contributed by atoms with Crippen molar-refractivity contribution in [3.8, 4) is 6.07 Å². The van der Waals surface area contributed by atoms with E-state index in [1.54, 1.807) is 19.9 Å². The minimum absolute atomic E-state index is 0.0741. The molecule has 0 aromatic rings. The van der Waals surface area contributed by atoms with Gasteiger partial charge in [0, 0.05) is 12.1 Å². The molecule has 0 aromatic heterocycles. The molecule has 19 heavy (non-hydrogen) atoms. The molecule has 0 unspecified atom stereocenters. The van der Waals surface area contributed by atoms with Crippen LogP contribution in [0.5, 0.6) is 0 Å². The molecular weight excluding hydrogens is 248 g/mol. The van der Waals surface area contributed by atoms with Crippen LogP contribution in [0.2, 0.25) is 0 Å². The number of aliphatic imine (C=N–C) groups is 2. The Kier molecular flexibility index (Phi) is 7.45. The van der Waals surface area contributed by atoms with Gasteiger partial charge in [-0.2, -0.15) is 5.26 Å². The molecule has 0 aromatic carbocycles. The van der Waals surface area contributed by atoms with Crippen molar-refractivity contribution in [2.24, 2.45) is 15.7 Å². The molecule has 102 valence electrons. The summed E-state index contributed by atoms with van der Waals surface area (Å²) >= 11 is 0. The third-order valence-corrected chi connectivity index (χ3v) is 1.79. The molecule has 1 amide bonds. The number of hydrogen-bond acceptors (Lipinski definition) is 6. The van der Waals surface area contributed by atoms with Crippen molar-refractivity contribution >= 4 is 23.8 Å². The minimum atomic E-state index is -0.895. The maximum Gasteiger partial charge on any atom is 0.270 e. The molecule has 0 saturated carbocycles. The number of amides is 1. The van der Waals surface area contributed by atoms with Gasteiger partial charge in [0.05, 0.1) is 6.61 Å². The van der Waals surface area contributed by atoms with Crippen LogP contribution < -0.4 is 5.73 Å². The van der Waals surface area contributed by atoms with E-state index in [9.17, 15) is 9.59 Å². The van der Waals surface area contributed by atoms with Crippen LogP contribution >= 0.6 is 0 Å². The summed E-state index contributed by atoms with van der Waals surface area (Å²) in [6.45, 7) is 5.07. The van der Waals surface area contributed by atoms with E-state index < -0.39 is 5.91 Å². The van der Waals surface area contributed by atoms with E-state index in [0.29, 0.717) is 12.3 Å². The van der Waals surface area contributed by atoms with E-state index >= 15 is 0 Å². The monoisotopic (exact) mass is 264 g/mol. The molecule has 0 fully saturated rings. The summed E-state index contributed by atoms with van der Waals surface area (Å²) < 4.78 is 4.83. The molecule has 2 N–H and O–H groups in total. The molecule has 0 bridgehead atoms. The van der Waals surface area contributed by atoms with Gasteiger partial charge >= 0.3 is 0 Å². The Morgan fingerprint density at radius 3 is 2.47 bits per heavy atom. The first-order chi connectivity index (χ1) is 8.92. The highest BCUT2D eigenvalue weighted by molar-refractivity contribution is 6.03. The molecule has 0 atom stereocenters. The van der Waals surface area contributed by atoms with Crippen molar-refractivity contribution in [3.63, 3.8) is 0 Å². The van der Waals surface area contributed by atoms with Crippen molar-refractivity contribution in [2.75, 3.05) is 6.61 Å². The van der Waals surface area contributed by atoms with Crippen molar-refractivity contribution in [2.45, 2.75) is 27.2 Å². The molecule has 0 aliphatic carbocycles. The highest BCUT2D eigenvalue weighted by Gasteiger charge is 2.12. The Bertz CT molecular complexity index is 484. The SMILES string of the molecule is CCOC=N/C(C#N)=C(\N=C(C)CC(C)=O)C(N)=O. The number of ketones is 1. The lowest BCUT2D eigenvalue weighted by atomic mass is 10.2. The van der Waals surface area contributed by atoms with Crippen molar-refractivity contribution in [1.82, 2.24) is 0 Å².